The fraction of sp³-hybridized carbons (Fsp3) is 0.389. The number of ether oxygens (including phenoxy) is 1. The van der Waals surface area contributed by atoms with Crippen LogP contribution in [-0.4, -0.2) is 89.0 Å². The lowest BCUT2D eigenvalue weighted by molar-refractivity contribution is -0.181. The molecule has 12 heteroatoms. The van der Waals surface area contributed by atoms with E-state index in [4.69, 9.17) is 10.5 Å². The van der Waals surface area contributed by atoms with Crippen LogP contribution >= 0.6 is 0 Å². The van der Waals surface area contributed by atoms with Gasteiger partial charge in [-0.3, -0.25) is 33.7 Å². The van der Waals surface area contributed by atoms with Gasteiger partial charge in [0.1, 0.15) is 5.75 Å². The minimum absolute atomic E-state index is 0.0369. The largest absolute Gasteiger partial charge is 0.507 e. The average molecular weight is 656 g/mol. The summed E-state index contributed by atoms with van der Waals surface area (Å²) in [4.78, 5) is 80.8. The molecular formula is C36H37N3O9. The third-order valence-corrected chi connectivity index (χ3v) is 10.1. The highest BCUT2D eigenvalue weighted by atomic mass is 16.5. The maximum absolute atomic E-state index is 14.2. The summed E-state index contributed by atoms with van der Waals surface area (Å²) in [6, 6.07) is 13.4. The number of likely N-dealkylation sites (N-methyl/N-ethyl adjacent to an activating group) is 1. The number of hydrogen-bond donors (Lipinski definition) is 4. The van der Waals surface area contributed by atoms with Gasteiger partial charge in [0.05, 0.1) is 30.7 Å². The zero-order valence-electron chi connectivity index (χ0n) is 26.8. The monoisotopic (exact) mass is 655 g/mol. The Bertz CT molecular complexity index is 1900. The molecule has 0 bridgehead atoms. The summed E-state index contributed by atoms with van der Waals surface area (Å²) in [5.74, 6) is -11.3. The van der Waals surface area contributed by atoms with E-state index in [1.807, 2.05) is 36.4 Å². The number of nitrogens with one attached hydrogen (secondary N) is 1. The van der Waals surface area contributed by atoms with Crippen LogP contribution in [0.1, 0.15) is 34.8 Å². The number of aliphatic hydroxyl groups is 1. The molecule has 1 amide bonds. The van der Waals surface area contributed by atoms with Crippen molar-refractivity contribution in [2.45, 2.75) is 38.0 Å². The third-order valence-electron chi connectivity index (χ3n) is 10.1. The first-order valence-corrected chi connectivity index (χ1v) is 15.9. The first kappa shape index (κ1) is 33.1. The second-order valence-electron chi connectivity index (χ2n) is 13.0. The van der Waals surface area contributed by atoms with Gasteiger partial charge in [-0.25, -0.2) is 0 Å². The van der Waals surface area contributed by atoms with Crippen LogP contribution in [0.3, 0.4) is 0 Å². The number of nitrogens with two attached hydrogens (primary N) is 1. The molecule has 3 aliphatic carbocycles. The van der Waals surface area contributed by atoms with Gasteiger partial charge < -0.3 is 26.0 Å². The topological polar surface area (TPSA) is 193 Å². The highest BCUT2D eigenvalue weighted by Gasteiger charge is 2.69. The third kappa shape index (κ3) is 5.02. The molecule has 5 N–H and O–H groups in total. The molecule has 250 valence electrons. The van der Waals surface area contributed by atoms with Crippen LogP contribution in [0, 0.1) is 23.7 Å². The number of Topliss-reactive ketones (excluding diaryl/α,β-unsaturated/α-hetero) is 4. The van der Waals surface area contributed by atoms with Crippen molar-refractivity contribution in [2.24, 2.45) is 29.4 Å². The van der Waals surface area contributed by atoms with Gasteiger partial charge in [0, 0.05) is 12.5 Å². The lowest BCUT2D eigenvalue weighted by Crippen LogP contribution is -2.74. The number of primary amides is 1. The van der Waals surface area contributed by atoms with Gasteiger partial charge in [0.15, 0.2) is 34.7 Å². The average Bonchev–Trinajstić information content (AvgIpc) is 3.03. The zero-order chi connectivity index (χ0) is 34.7. The molecule has 2 fully saturated rings. The van der Waals surface area contributed by atoms with Crippen molar-refractivity contribution in [3.8, 4) is 16.9 Å². The SMILES string of the molecule is CCOC(=O)CNCc1ccc(-c2ccc(O)c3c2C[C@@H]2C[C@@H]4C(N(C)C)C(=O)C(C(N)=O)C(=O)[C@]4(O)C(=O)C2C3=O)c2ccccc12. The van der Waals surface area contributed by atoms with Crippen molar-refractivity contribution in [1.29, 1.82) is 0 Å². The van der Waals surface area contributed by atoms with Crippen molar-refractivity contribution in [1.82, 2.24) is 10.2 Å². The minimum atomic E-state index is -2.78. The number of carbonyl (C=O) groups is 6. The second-order valence-corrected chi connectivity index (χ2v) is 13.0. The number of esters is 1. The van der Waals surface area contributed by atoms with E-state index in [1.54, 1.807) is 27.1 Å². The molecule has 3 aromatic carbocycles. The maximum atomic E-state index is 14.2. The summed E-state index contributed by atoms with van der Waals surface area (Å²) in [6.07, 6.45) is 0.109. The van der Waals surface area contributed by atoms with Crippen molar-refractivity contribution in [2.75, 3.05) is 27.2 Å². The Kier molecular flexibility index (Phi) is 8.52. The molecule has 0 aliphatic heterocycles. The summed E-state index contributed by atoms with van der Waals surface area (Å²) in [6.45, 7) is 2.47. The van der Waals surface area contributed by atoms with Crippen molar-refractivity contribution in [3.63, 3.8) is 0 Å². The number of amides is 1. The fourth-order valence-electron chi connectivity index (χ4n) is 8.12. The van der Waals surface area contributed by atoms with E-state index in [-0.39, 0.29) is 43.3 Å². The molecule has 0 saturated heterocycles. The minimum Gasteiger partial charge on any atom is -0.507 e. The van der Waals surface area contributed by atoms with E-state index < -0.39 is 64.4 Å². The Morgan fingerprint density at radius 3 is 2.35 bits per heavy atom. The maximum Gasteiger partial charge on any atom is 0.319 e. The first-order chi connectivity index (χ1) is 22.8. The van der Waals surface area contributed by atoms with Crippen molar-refractivity contribution in [3.05, 3.63) is 65.2 Å². The van der Waals surface area contributed by atoms with E-state index in [1.165, 1.54) is 11.0 Å². The molecule has 6 atom stereocenters. The zero-order valence-corrected chi connectivity index (χ0v) is 26.8. The fourth-order valence-corrected chi connectivity index (χ4v) is 8.12. The quantitative estimate of drug-likeness (QED) is 0.202. The molecule has 2 saturated carbocycles. The van der Waals surface area contributed by atoms with Crippen molar-refractivity contribution < 1.29 is 43.7 Å². The number of hydrogen-bond acceptors (Lipinski definition) is 11. The van der Waals surface area contributed by atoms with Crippen LogP contribution in [0.5, 0.6) is 5.75 Å². The van der Waals surface area contributed by atoms with Gasteiger partial charge in [0.2, 0.25) is 5.91 Å². The normalized spacial score (nSPS) is 26.6. The molecule has 0 spiro atoms. The highest BCUT2D eigenvalue weighted by molar-refractivity contribution is 6.32. The Hall–Kier alpha value is -4.78. The summed E-state index contributed by atoms with van der Waals surface area (Å²) < 4.78 is 5.00. The molecule has 6 rings (SSSR count). The molecule has 3 unspecified atom stereocenters. The lowest BCUT2D eigenvalue weighted by Gasteiger charge is -2.52. The Morgan fingerprint density at radius 1 is 1.00 bits per heavy atom. The number of ketones is 4. The number of carbonyl (C=O) groups excluding carboxylic acids is 6. The molecule has 3 aliphatic rings. The molecule has 48 heavy (non-hydrogen) atoms. The van der Waals surface area contributed by atoms with Crippen LogP contribution < -0.4 is 11.1 Å². The first-order valence-electron chi connectivity index (χ1n) is 15.9. The van der Waals surface area contributed by atoms with Crippen LogP contribution in [0.25, 0.3) is 21.9 Å². The predicted molar refractivity (Wildman–Crippen MR) is 173 cm³/mol. The Morgan fingerprint density at radius 2 is 1.69 bits per heavy atom. The van der Waals surface area contributed by atoms with E-state index in [0.29, 0.717) is 17.7 Å². The number of phenols is 1. The standard InChI is InChI=1S/C36H37N3O9/c1-4-48-26(41)16-38-15-17-9-10-21(20-8-6-5-7-19(17)20)22-11-12-25(40)28-23(22)13-18-14-24-30(39(2)3)32(43)29(35(37)46)34(45)36(24,47)33(44)27(18)31(28)42/h5-12,18,24,27,29-30,38,40,47H,4,13-16H2,1-3H3,(H2,37,46)/t18-,24-,27?,29?,30?,36-/m1/s1. The number of benzene rings is 3. The summed E-state index contributed by atoms with van der Waals surface area (Å²) in [5, 5.41) is 27.7. The molecule has 12 nitrogen and oxygen atoms in total. The summed E-state index contributed by atoms with van der Waals surface area (Å²) in [7, 11) is 3.10. The van der Waals surface area contributed by atoms with Gasteiger partial charge in [0.25, 0.3) is 0 Å². The van der Waals surface area contributed by atoms with Gasteiger partial charge in [-0.2, -0.15) is 0 Å². The van der Waals surface area contributed by atoms with Gasteiger partial charge in [-0.15, -0.1) is 0 Å². The number of phenolic OH excluding ortho intramolecular Hbond substituents is 1. The van der Waals surface area contributed by atoms with Gasteiger partial charge >= 0.3 is 5.97 Å². The van der Waals surface area contributed by atoms with Crippen LogP contribution in [0.2, 0.25) is 0 Å². The lowest BCUT2D eigenvalue weighted by atomic mass is 9.52. The van der Waals surface area contributed by atoms with E-state index in [2.05, 4.69) is 5.32 Å². The van der Waals surface area contributed by atoms with Crippen molar-refractivity contribution >= 4 is 45.8 Å². The van der Waals surface area contributed by atoms with E-state index in [0.717, 1.165) is 21.9 Å². The smallest absolute Gasteiger partial charge is 0.319 e. The molecule has 0 aromatic heterocycles. The molecule has 0 radical (unpaired) electrons. The van der Waals surface area contributed by atoms with E-state index >= 15 is 0 Å². The molecular weight excluding hydrogens is 618 g/mol. The summed E-state index contributed by atoms with van der Waals surface area (Å²) in [5.41, 5.74) is 5.44. The second kappa shape index (κ2) is 12.3. The van der Waals surface area contributed by atoms with E-state index in [9.17, 15) is 39.0 Å². The summed E-state index contributed by atoms with van der Waals surface area (Å²) >= 11 is 0. The number of nitrogens with zero attached hydrogens (tertiary/aromatic N) is 1. The Labute approximate surface area is 276 Å². The van der Waals surface area contributed by atoms with Gasteiger partial charge in [-0.1, -0.05) is 42.5 Å². The van der Waals surface area contributed by atoms with Gasteiger partial charge in [-0.05, 0) is 78.9 Å². The number of rotatable bonds is 8. The highest BCUT2D eigenvalue weighted by Crippen LogP contribution is 2.52. The predicted octanol–water partition coefficient (Wildman–Crippen LogP) is 1.34. The number of aromatic hydroxyl groups is 1. The Balaban J connectivity index is 1.43. The van der Waals surface area contributed by atoms with Crippen LogP contribution in [-0.2, 0) is 41.7 Å². The number of fused-ring (bicyclic) bond motifs is 4. The molecule has 0 heterocycles. The molecule has 3 aromatic rings. The van der Waals surface area contributed by atoms with Crippen LogP contribution in [0.4, 0.5) is 0 Å². The van der Waals surface area contributed by atoms with Crippen LogP contribution in [0.15, 0.2) is 48.5 Å².